The molecule has 0 unspecified atom stereocenters. The predicted molar refractivity (Wildman–Crippen MR) is 130 cm³/mol. The number of ketones is 1. The number of carbonyl (C=O) groups is 4. The zero-order valence-corrected chi connectivity index (χ0v) is 20.4. The Bertz CT molecular complexity index is 1280. The molecule has 3 amide bonds. The smallest absolute Gasteiger partial charge is 0.274 e. The number of amides is 3. The monoisotopic (exact) mass is 508 g/mol. The Labute approximate surface area is 212 Å². The molecule has 2 bridgehead atoms. The van der Waals surface area contributed by atoms with Gasteiger partial charge in [0.15, 0.2) is 5.78 Å². The molecule has 3 fully saturated rings. The van der Waals surface area contributed by atoms with Crippen LogP contribution in [0.5, 0.6) is 0 Å². The minimum absolute atomic E-state index is 0.000298. The predicted octanol–water partition coefficient (Wildman–Crippen LogP) is 4.60. The van der Waals surface area contributed by atoms with Crippen LogP contribution < -0.4 is 0 Å². The van der Waals surface area contributed by atoms with E-state index < -0.39 is 36.1 Å². The van der Waals surface area contributed by atoms with Crippen molar-refractivity contribution in [2.45, 2.75) is 13.3 Å². The molecule has 35 heavy (non-hydrogen) atoms. The first-order valence-corrected chi connectivity index (χ1v) is 12.4. The van der Waals surface area contributed by atoms with Crippen molar-refractivity contribution in [1.82, 2.24) is 10.0 Å². The van der Waals surface area contributed by atoms with Crippen molar-refractivity contribution in [2.75, 3.05) is 6.54 Å². The van der Waals surface area contributed by atoms with Gasteiger partial charge in [0.2, 0.25) is 0 Å². The van der Waals surface area contributed by atoms with E-state index in [9.17, 15) is 19.2 Å². The lowest BCUT2D eigenvalue weighted by Crippen LogP contribution is -2.52. The van der Waals surface area contributed by atoms with Gasteiger partial charge in [0.05, 0.1) is 22.4 Å². The number of aryl methyl sites for hydroxylation is 1. The normalized spacial score (nSPS) is 29.7. The van der Waals surface area contributed by atoms with Gasteiger partial charge in [-0.1, -0.05) is 65.2 Å². The van der Waals surface area contributed by atoms with Crippen molar-refractivity contribution in [3.05, 3.63) is 81.4 Å². The zero-order chi connectivity index (χ0) is 24.6. The molecule has 0 aromatic heterocycles. The third kappa shape index (κ3) is 3.46. The first kappa shape index (κ1) is 22.5. The molecule has 6 nitrogen and oxygen atoms in total. The minimum Gasteiger partial charge on any atom is -0.292 e. The minimum atomic E-state index is -0.696. The Morgan fingerprint density at radius 1 is 0.943 bits per heavy atom. The van der Waals surface area contributed by atoms with Crippen LogP contribution in [0.15, 0.2) is 54.6 Å². The average molecular weight is 509 g/mol. The Balaban J connectivity index is 1.38. The number of imide groups is 1. The van der Waals surface area contributed by atoms with Crippen molar-refractivity contribution >= 4 is 46.7 Å². The number of Topliss-reactive ketones (excluding diaryl/α,β-unsaturated/α-hetero) is 1. The number of nitrogens with zero attached hydrogens (tertiary/aromatic N) is 2. The first-order valence-electron chi connectivity index (χ1n) is 11.7. The van der Waals surface area contributed by atoms with Crippen LogP contribution in [0, 0.1) is 42.4 Å². The molecule has 5 aliphatic rings. The van der Waals surface area contributed by atoms with Gasteiger partial charge < -0.3 is 0 Å². The Morgan fingerprint density at radius 3 is 2.11 bits per heavy atom. The molecular formula is C27H22Cl2N2O4. The van der Waals surface area contributed by atoms with E-state index in [-0.39, 0.29) is 28.2 Å². The molecule has 0 N–H and O–H groups in total. The van der Waals surface area contributed by atoms with Crippen molar-refractivity contribution in [3.8, 4) is 0 Å². The molecule has 6 atom stereocenters. The lowest BCUT2D eigenvalue weighted by atomic mass is 9.63. The standard InChI is InChI=1S/C27H22Cl2N2O4/c1-13-2-4-14(5-3-13)22(32)12-30(25(33)18-7-6-15(28)10-21(18)29)31-26(34)23-16-8-9-17(20-11-19(16)20)24(23)27(31)35/h2-10,16-17,19-20,23-24H,11-12H2,1H3/t16-,17-,19-,20-,23+,24+/m0/s1. The highest BCUT2D eigenvalue weighted by Crippen LogP contribution is 2.65. The third-order valence-electron chi connectivity index (χ3n) is 7.94. The molecule has 2 aromatic rings. The molecular weight excluding hydrogens is 487 g/mol. The van der Waals surface area contributed by atoms with Crippen molar-refractivity contribution in [1.29, 1.82) is 0 Å². The van der Waals surface area contributed by atoms with E-state index in [1.807, 2.05) is 6.92 Å². The summed E-state index contributed by atoms with van der Waals surface area (Å²) in [5.74, 6) is -2.06. The van der Waals surface area contributed by atoms with Crippen LogP contribution >= 0.6 is 23.2 Å². The van der Waals surface area contributed by atoms with Crippen LogP contribution in [0.3, 0.4) is 0 Å². The van der Waals surface area contributed by atoms with E-state index in [2.05, 4.69) is 12.2 Å². The summed E-state index contributed by atoms with van der Waals surface area (Å²) in [6.45, 7) is 1.44. The second-order valence-corrected chi connectivity index (χ2v) is 10.8. The second kappa shape index (κ2) is 8.04. The lowest BCUT2D eigenvalue weighted by molar-refractivity contribution is -0.154. The van der Waals surface area contributed by atoms with Gasteiger partial charge >= 0.3 is 0 Å². The number of benzene rings is 2. The number of rotatable bonds is 5. The van der Waals surface area contributed by atoms with E-state index in [1.54, 1.807) is 24.3 Å². The summed E-state index contributed by atoms with van der Waals surface area (Å²) in [6.07, 6.45) is 5.16. The van der Waals surface area contributed by atoms with E-state index in [0.29, 0.717) is 22.4 Å². The van der Waals surface area contributed by atoms with Crippen LogP contribution in [0.4, 0.5) is 0 Å². The summed E-state index contributed by atoms with van der Waals surface area (Å²) < 4.78 is 0. The fourth-order valence-electron chi connectivity index (χ4n) is 6.18. The molecule has 8 heteroatoms. The van der Waals surface area contributed by atoms with Crippen LogP contribution in [0.1, 0.15) is 32.7 Å². The zero-order valence-electron chi connectivity index (χ0n) is 18.9. The fourth-order valence-corrected chi connectivity index (χ4v) is 6.67. The average Bonchev–Trinajstić information content (AvgIpc) is 3.61. The Morgan fingerprint density at radius 2 is 1.54 bits per heavy atom. The molecule has 7 rings (SSSR count). The van der Waals surface area contributed by atoms with Gasteiger partial charge in [0, 0.05) is 10.6 Å². The van der Waals surface area contributed by atoms with Crippen LogP contribution in [0.25, 0.3) is 0 Å². The summed E-state index contributed by atoms with van der Waals surface area (Å²) in [7, 11) is 0. The second-order valence-electron chi connectivity index (χ2n) is 9.92. The summed E-state index contributed by atoms with van der Waals surface area (Å²) in [5.41, 5.74) is 1.43. The maximum Gasteiger partial charge on any atom is 0.274 e. The summed E-state index contributed by atoms with van der Waals surface area (Å²) in [4.78, 5) is 54.3. The Hall–Kier alpha value is -2.96. The van der Waals surface area contributed by atoms with Gasteiger partial charge in [-0.15, -0.1) is 0 Å². The first-order chi connectivity index (χ1) is 16.8. The maximum atomic E-state index is 13.7. The molecule has 1 heterocycles. The van der Waals surface area contributed by atoms with Crippen molar-refractivity contribution in [2.24, 2.45) is 35.5 Å². The summed E-state index contributed by atoms with van der Waals surface area (Å²) in [6, 6.07) is 11.3. The molecule has 4 aliphatic carbocycles. The molecule has 1 saturated heterocycles. The molecule has 0 spiro atoms. The van der Waals surface area contributed by atoms with Gasteiger partial charge in [0.25, 0.3) is 17.7 Å². The maximum absolute atomic E-state index is 13.7. The third-order valence-corrected chi connectivity index (χ3v) is 8.49. The quantitative estimate of drug-likeness (QED) is 0.336. The molecule has 2 aromatic carbocycles. The number of hydrogen-bond donors (Lipinski definition) is 0. The highest BCUT2D eigenvalue weighted by atomic mass is 35.5. The fraction of sp³-hybridized carbons (Fsp3) is 0.333. The van der Waals surface area contributed by atoms with E-state index >= 15 is 0 Å². The topological polar surface area (TPSA) is 74.8 Å². The largest absolute Gasteiger partial charge is 0.292 e. The van der Waals surface area contributed by atoms with Gasteiger partial charge in [-0.05, 0) is 55.2 Å². The number of halogens is 2. The molecule has 1 aliphatic heterocycles. The number of allylic oxidation sites excluding steroid dienone is 2. The van der Waals surface area contributed by atoms with E-state index in [0.717, 1.165) is 22.0 Å². The van der Waals surface area contributed by atoms with E-state index in [1.165, 1.54) is 18.2 Å². The van der Waals surface area contributed by atoms with Crippen LogP contribution in [0.2, 0.25) is 10.0 Å². The van der Waals surface area contributed by atoms with Gasteiger partial charge in [0.1, 0.15) is 6.54 Å². The molecule has 178 valence electrons. The van der Waals surface area contributed by atoms with Crippen molar-refractivity contribution < 1.29 is 19.2 Å². The van der Waals surface area contributed by atoms with Crippen LogP contribution in [-0.2, 0) is 9.59 Å². The Kier molecular flexibility index (Phi) is 5.17. The lowest BCUT2D eigenvalue weighted by Gasteiger charge is -2.37. The summed E-state index contributed by atoms with van der Waals surface area (Å²) >= 11 is 12.3. The van der Waals surface area contributed by atoms with Gasteiger partial charge in [-0.3, -0.25) is 19.2 Å². The number of hydrazine groups is 1. The van der Waals surface area contributed by atoms with E-state index in [4.69, 9.17) is 23.2 Å². The van der Waals surface area contributed by atoms with Crippen molar-refractivity contribution in [3.63, 3.8) is 0 Å². The summed E-state index contributed by atoms with van der Waals surface area (Å²) in [5, 5.41) is 2.32. The highest BCUT2D eigenvalue weighted by Gasteiger charge is 2.68. The SMILES string of the molecule is Cc1ccc(C(=O)CN(C(=O)c2ccc(Cl)cc2Cl)N2C(=O)[C@@H]3[C@H]4C=C[C@@H]([C@@H]5C[C@@H]45)[C@H]3C2=O)cc1. The van der Waals surface area contributed by atoms with Gasteiger partial charge in [-0.25, -0.2) is 5.01 Å². The van der Waals surface area contributed by atoms with Gasteiger partial charge in [-0.2, -0.15) is 5.01 Å². The number of hydrogen-bond acceptors (Lipinski definition) is 4. The number of carbonyl (C=O) groups excluding carboxylic acids is 4. The molecule has 2 saturated carbocycles. The molecule has 0 radical (unpaired) electrons. The highest BCUT2D eigenvalue weighted by molar-refractivity contribution is 6.36. The van der Waals surface area contributed by atoms with Crippen LogP contribution in [-0.4, -0.2) is 40.1 Å².